The highest BCUT2D eigenvalue weighted by atomic mass is 19.1. The minimum atomic E-state index is -0.337. The first-order chi connectivity index (χ1) is 6.31. The average molecular weight is 175 g/mol. The molecule has 0 fully saturated rings. The van der Waals surface area contributed by atoms with Crippen LogP contribution in [0.2, 0.25) is 0 Å². The Hall–Kier alpha value is -1.82. The molecular formula is C10H6FNO. The van der Waals surface area contributed by atoms with E-state index in [4.69, 9.17) is 10.9 Å². The van der Waals surface area contributed by atoms with Crippen molar-refractivity contribution in [3.8, 4) is 12.3 Å². The quantitative estimate of drug-likeness (QED) is 0.620. The minimum Gasteiger partial charge on any atom is -0.356 e. The van der Waals surface area contributed by atoms with Gasteiger partial charge in [0.25, 0.3) is 0 Å². The third-order valence-electron chi connectivity index (χ3n) is 1.78. The number of hydrogen-bond acceptors (Lipinski definition) is 2. The molecular weight excluding hydrogens is 169 g/mol. The zero-order valence-electron chi connectivity index (χ0n) is 6.75. The molecule has 0 atom stereocenters. The molecule has 2 nitrogen and oxygen atoms in total. The lowest BCUT2D eigenvalue weighted by molar-refractivity contribution is 0.447. The van der Waals surface area contributed by atoms with Gasteiger partial charge in [0, 0.05) is 11.5 Å². The van der Waals surface area contributed by atoms with Crippen LogP contribution in [-0.2, 0) is 6.42 Å². The van der Waals surface area contributed by atoms with Gasteiger partial charge in [-0.05, 0) is 12.1 Å². The Morgan fingerprint density at radius 1 is 1.54 bits per heavy atom. The van der Waals surface area contributed by atoms with E-state index >= 15 is 0 Å². The average Bonchev–Trinajstić information content (AvgIpc) is 2.49. The van der Waals surface area contributed by atoms with Crippen molar-refractivity contribution >= 4 is 11.0 Å². The molecule has 1 aromatic carbocycles. The van der Waals surface area contributed by atoms with Crippen LogP contribution in [0, 0.1) is 18.2 Å². The molecule has 0 saturated heterocycles. The molecule has 1 heterocycles. The Morgan fingerprint density at radius 2 is 2.38 bits per heavy atom. The van der Waals surface area contributed by atoms with Crippen molar-refractivity contribution in [3.05, 3.63) is 29.7 Å². The van der Waals surface area contributed by atoms with E-state index < -0.39 is 0 Å². The predicted molar refractivity (Wildman–Crippen MR) is 46.5 cm³/mol. The first-order valence-corrected chi connectivity index (χ1v) is 3.78. The molecule has 2 aromatic rings. The first-order valence-electron chi connectivity index (χ1n) is 3.78. The zero-order chi connectivity index (χ0) is 9.26. The number of rotatable bonds is 1. The minimum absolute atomic E-state index is 0.337. The highest BCUT2D eigenvalue weighted by Gasteiger charge is 2.06. The molecule has 0 N–H and O–H groups in total. The SMILES string of the molecule is C#CCc1noc2cc(F)ccc12. The summed E-state index contributed by atoms with van der Waals surface area (Å²) < 4.78 is 17.6. The Kier molecular flexibility index (Phi) is 1.75. The lowest BCUT2D eigenvalue weighted by atomic mass is 10.2. The molecule has 1 aromatic heterocycles. The number of benzene rings is 1. The Bertz CT molecular complexity index is 481. The van der Waals surface area contributed by atoms with E-state index in [-0.39, 0.29) is 5.82 Å². The highest BCUT2D eigenvalue weighted by molar-refractivity contribution is 5.79. The summed E-state index contributed by atoms with van der Waals surface area (Å²) in [5, 5.41) is 4.52. The summed E-state index contributed by atoms with van der Waals surface area (Å²) in [6.45, 7) is 0. The van der Waals surface area contributed by atoms with E-state index in [1.165, 1.54) is 12.1 Å². The summed E-state index contributed by atoms with van der Waals surface area (Å²) >= 11 is 0. The van der Waals surface area contributed by atoms with E-state index in [1.807, 2.05) is 0 Å². The van der Waals surface area contributed by atoms with Gasteiger partial charge in [-0.15, -0.1) is 12.3 Å². The maximum absolute atomic E-state index is 12.7. The topological polar surface area (TPSA) is 26.0 Å². The maximum Gasteiger partial charge on any atom is 0.170 e. The van der Waals surface area contributed by atoms with Crippen molar-refractivity contribution in [2.24, 2.45) is 0 Å². The third kappa shape index (κ3) is 1.27. The molecule has 3 heteroatoms. The lowest BCUT2D eigenvalue weighted by Crippen LogP contribution is -1.80. The predicted octanol–water partition coefficient (Wildman–Crippen LogP) is 2.14. The summed E-state index contributed by atoms with van der Waals surface area (Å²) in [6.07, 6.45) is 5.54. The Labute approximate surface area is 74.3 Å². The van der Waals surface area contributed by atoms with Crippen molar-refractivity contribution in [2.75, 3.05) is 0 Å². The number of hydrogen-bond donors (Lipinski definition) is 0. The van der Waals surface area contributed by atoms with Crippen LogP contribution in [0.3, 0.4) is 0 Å². The van der Waals surface area contributed by atoms with Crippen molar-refractivity contribution < 1.29 is 8.91 Å². The van der Waals surface area contributed by atoms with Gasteiger partial charge < -0.3 is 4.52 Å². The van der Waals surface area contributed by atoms with Crippen LogP contribution in [0.5, 0.6) is 0 Å². The summed E-state index contributed by atoms with van der Waals surface area (Å²) in [5.74, 6) is 2.12. The van der Waals surface area contributed by atoms with E-state index in [9.17, 15) is 4.39 Å². The maximum atomic E-state index is 12.7. The number of halogens is 1. The normalized spacial score (nSPS) is 10.2. The molecule has 0 bridgehead atoms. The fourth-order valence-corrected chi connectivity index (χ4v) is 1.19. The van der Waals surface area contributed by atoms with Crippen molar-refractivity contribution in [1.29, 1.82) is 0 Å². The molecule has 2 rings (SSSR count). The second kappa shape index (κ2) is 2.91. The van der Waals surface area contributed by atoms with E-state index in [1.54, 1.807) is 6.07 Å². The molecule has 0 unspecified atom stereocenters. The van der Waals surface area contributed by atoms with Gasteiger partial charge in [0.05, 0.1) is 6.42 Å². The van der Waals surface area contributed by atoms with Gasteiger partial charge in [-0.2, -0.15) is 0 Å². The first kappa shape index (κ1) is 7.81. The molecule has 0 aliphatic rings. The van der Waals surface area contributed by atoms with Crippen LogP contribution in [0.1, 0.15) is 5.69 Å². The second-order valence-electron chi connectivity index (χ2n) is 2.65. The highest BCUT2D eigenvalue weighted by Crippen LogP contribution is 2.19. The number of nitrogens with zero attached hydrogens (tertiary/aromatic N) is 1. The van der Waals surface area contributed by atoms with Crippen LogP contribution in [0.4, 0.5) is 4.39 Å². The van der Waals surface area contributed by atoms with Crippen molar-refractivity contribution in [1.82, 2.24) is 5.16 Å². The fourth-order valence-electron chi connectivity index (χ4n) is 1.19. The van der Waals surface area contributed by atoms with Gasteiger partial charge in [-0.1, -0.05) is 5.16 Å². The largest absolute Gasteiger partial charge is 0.356 e. The zero-order valence-corrected chi connectivity index (χ0v) is 6.75. The molecule has 13 heavy (non-hydrogen) atoms. The molecule has 64 valence electrons. The van der Waals surface area contributed by atoms with Crippen LogP contribution in [0.25, 0.3) is 11.0 Å². The van der Waals surface area contributed by atoms with Gasteiger partial charge in [-0.3, -0.25) is 0 Å². The van der Waals surface area contributed by atoms with E-state index in [0.29, 0.717) is 17.7 Å². The molecule has 0 aliphatic carbocycles. The monoisotopic (exact) mass is 175 g/mol. The summed E-state index contributed by atoms with van der Waals surface area (Å²) in [6, 6.07) is 4.27. The van der Waals surface area contributed by atoms with Crippen LogP contribution >= 0.6 is 0 Å². The molecule has 0 amide bonds. The Morgan fingerprint density at radius 3 is 3.15 bits per heavy atom. The van der Waals surface area contributed by atoms with Gasteiger partial charge in [0.1, 0.15) is 11.5 Å². The van der Waals surface area contributed by atoms with Crippen LogP contribution in [0.15, 0.2) is 22.7 Å². The standard InChI is InChI=1S/C10H6FNO/c1-2-3-9-8-5-4-7(11)6-10(8)13-12-9/h1,4-6H,3H2. The number of aromatic nitrogens is 1. The Balaban J connectivity index is 2.63. The van der Waals surface area contributed by atoms with Crippen LogP contribution in [-0.4, -0.2) is 5.16 Å². The summed E-state index contributed by atoms with van der Waals surface area (Å²) in [7, 11) is 0. The molecule has 0 saturated carbocycles. The summed E-state index contributed by atoms with van der Waals surface area (Å²) in [5.41, 5.74) is 1.11. The van der Waals surface area contributed by atoms with Gasteiger partial charge in [0.15, 0.2) is 5.58 Å². The molecule has 0 spiro atoms. The van der Waals surface area contributed by atoms with Gasteiger partial charge in [0.2, 0.25) is 0 Å². The van der Waals surface area contributed by atoms with Gasteiger partial charge in [-0.25, -0.2) is 4.39 Å². The van der Waals surface area contributed by atoms with Crippen molar-refractivity contribution in [3.63, 3.8) is 0 Å². The molecule has 0 aliphatic heterocycles. The summed E-state index contributed by atoms with van der Waals surface area (Å²) in [4.78, 5) is 0. The van der Waals surface area contributed by atoms with E-state index in [0.717, 1.165) is 5.39 Å². The number of fused-ring (bicyclic) bond motifs is 1. The van der Waals surface area contributed by atoms with Crippen molar-refractivity contribution in [2.45, 2.75) is 6.42 Å². The second-order valence-corrected chi connectivity index (χ2v) is 2.65. The van der Waals surface area contributed by atoms with Gasteiger partial charge >= 0.3 is 0 Å². The third-order valence-corrected chi connectivity index (χ3v) is 1.78. The molecule has 0 radical (unpaired) electrons. The van der Waals surface area contributed by atoms with E-state index in [2.05, 4.69) is 11.1 Å². The fraction of sp³-hybridized carbons (Fsp3) is 0.100. The lowest BCUT2D eigenvalue weighted by Gasteiger charge is -1.88. The number of terminal acetylenes is 1. The smallest absolute Gasteiger partial charge is 0.170 e. The van der Waals surface area contributed by atoms with Crippen LogP contribution < -0.4 is 0 Å².